The van der Waals surface area contributed by atoms with Gasteiger partial charge in [-0.3, -0.25) is 4.79 Å². The zero-order valence-corrected chi connectivity index (χ0v) is 10.4. The summed E-state index contributed by atoms with van der Waals surface area (Å²) in [4.78, 5) is 26.7. The minimum absolute atomic E-state index is 0.211. The lowest BCUT2D eigenvalue weighted by Crippen LogP contribution is -2.49. The molecule has 1 aromatic rings. The summed E-state index contributed by atoms with van der Waals surface area (Å²) in [5.74, 6) is -1.53. The Labute approximate surface area is 99.7 Å². The Hall–Kier alpha value is -1.85. The van der Waals surface area contributed by atoms with Crippen molar-refractivity contribution in [2.45, 2.75) is 26.8 Å². The molecule has 1 amide bonds. The molecule has 6 heteroatoms. The molecule has 0 radical (unpaired) electrons. The van der Waals surface area contributed by atoms with Crippen LogP contribution in [0.25, 0.3) is 0 Å². The minimum atomic E-state index is -1.05. The molecule has 0 aliphatic heterocycles. The molecule has 0 saturated heterocycles. The molecule has 1 aromatic heterocycles. The second kappa shape index (κ2) is 4.57. The van der Waals surface area contributed by atoms with E-state index in [0.717, 1.165) is 0 Å². The van der Waals surface area contributed by atoms with Gasteiger partial charge in [0.1, 0.15) is 11.7 Å². The van der Waals surface area contributed by atoms with Crippen molar-refractivity contribution in [1.29, 1.82) is 0 Å². The van der Waals surface area contributed by atoms with Crippen LogP contribution in [0.15, 0.2) is 12.5 Å². The molecule has 0 aromatic carbocycles. The number of carbonyl (C=O) groups is 2. The topological polar surface area (TPSA) is 84.2 Å². The average Bonchev–Trinajstić information content (AvgIpc) is 2.58. The van der Waals surface area contributed by atoms with Crippen LogP contribution in [0.1, 0.15) is 31.3 Å². The Morgan fingerprint density at radius 2 is 2.06 bits per heavy atom. The van der Waals surface area contributed by atoms with Crippen molar-refractivity contribution in [3.63, 3.8) is 0 Å². The molecule has 0 saturated carbocycles. The number of carboxylic acid groups (broad SMARTS) is 1. The van der Waals surface area contributed by atoms with Crippen molar-refractivity contribution in [2.75, 3.05) is 0 Å². The molecule has 0 fully saturated rings. The Morgan fingerprint density at radius 1 is 1.47 bits per heavy atom. The van der Waals surface area contributed by atoms with E-state index >= 15 is 0 Å². The number of nitrogens with zero attached hydrogens (tertiary/aromatic N) is 2. The van der Waals surface area contributed by atoms with Gasteiger partial charge in [-0.05, 0) is 5.41 Å². The fourth-order valence-corrected chi connectivity index (χ4v) is 1.38. The molecule has 0 aliphatic rings. The molecule has 0 spiro atoms. The van der Waals surface area contributed by atoms with Crippen molar-refractivity contribution in [2.24, 2.45) is 12.5 Å². The summed E-state index contributed by atoms with van der Waals surface area (Å²) in [7, 11) is 1.74. The molecule has 2 N–H and O–H groups in total. The first kappa shape index (κ1) is 13.2. The molecule has 0 aliphatic carbocycles. The number of amides is 1. The van der Waals surface area contributed by atoms with Crippen LogP contribution < -0.4 is 5.32 Å². The summed E-state index contributed by atoms with van der Waals surface area (Å²) in [5, 5.41) is 11.5. The predicted octanol–water partition coefficient (Wildman–Crippen LogP) is 0.649. The smallest absolute Gasteiger partial charge is 0.326 e. The fourth-order valence-electron chi connectivity index (χ4n) is 1.38. The van der Waals surface area contributed by atoms with Gasteiger partial charge in [-0.2, -0.15) is 0 Å². The number of hydrogen-bond donors (Lipinski definition) is 2. The van der Waals surface area contributed by atoms with Crippen molar-refractivity contribution in [3.8, 4) is 0 Å². The summed E-state index contributed by atoms with van der Waals surface area (Å²) in [5.41, 5.74) is -0.348. The van der Waals surface area contributed by atoms with E-state index in [-0.39, 0.29) is 5.69 Å². The van der Waals surface area contributed by atoms with E-state index in [1.807, 2.05) is 0 Å². The Balaban J connectivity index is 2.82. The van der Waals surface area contributed by atoms with Crippen molar-refractivity contribution in [3.05, 3.63) is 18.2 Å². The van der Waals surface area contributed by atoms with Crippen LogP contribution in [0.4, 0.5) is 0 Å². The van der Waals surface area contributed by atoms with Gasteiger partial charge in [-0.25, -0.2) is 9.78 Å². The van der Waals surface area contributed by atoms with Gasteiger partial charge in [-0.15, -0.1) is 0 Å². The molecule has 0 unspecified atom stereocenters. The second-order valence-corrected chi connectivity index (χ2v) is 5.04. The largest absolute Gasteiger partial charge is 0.480 e. The van der Waals surface area contributed by atoms with Crippen LogP contribution >= 0.6 is 0 Å². The van der Waals surface area contributed by atoms with E-state index in [1.165, 1.54) is 12.5 Å². The average molecular weight is 239 g/mol. The van der Waals surface area contributed by atoms with Gasteiger partial charge in [0.25, 0.3) is 5.91 Å². The highest BCUT2D eigenvalue weighted by Gasteiger charge is 2.33. The summed E-state index contributed by atoms with van der Waals surface area (Å²) in [6, 6.07) is -0.947. The SMILES string of the molecule is Cn1cnc(C(=O)N[C@H](C(=O)O)C(C)(C)C)c1. The van der Waals surface area contributed by atoms with E-state index in [0.29, 0.717) is 0 Å². The van der Waals surface area contributed by atoms with Crippen molar-refractivity contribution < 1.29 is 14.7 Å². The third-order valence-electron chi connectivity index (χ3n) is 2.33. The first-order valence-electron chi connectivity index (χ1n) is 5.23. The molecule has 0 bridgehead atoms. The number of imidazole rings is 1. The summed E-state index contributed by atoms with van der Waals surface area (Å²) >= 11 is 0. The quantitative estimate of drug-likeness (QED) is 0.811. The maximum atomic E-state index is 11.8. The second-order valence-electron chi connectivity index (χ2n) is 5.04. The molecule has 6 nitrogen and oxygen atoms in total. The summed E-state index contributed by atoms with van der Waals surface area (Å²) in [6.07, 6.45) is 3.03. The highest BCUT2D eigenvalue weighted by molar-refractivity contribution is 5.94. The van der Waals surface area contributed by atoms with Crippen LogP contribution in [-0.2, 0) is 11.8 Å². The first-order valence-corrected chi connectivity index (χ1v) is 5.23. The molecule has 94 valence electrons. The van der Waals surface area contributed by atoms with Gasteiger partial charge in [-0.1, -0.05) is 20.8 Å². The van der Waals surface area contributed by atoms with Crippen LogP contribution in [0.5, 0.6) is 0 Å². The van der Waals surface area contributed by atoms with Gasteiger partial charge < -0.3 is 15.0 Å². The van der Waals surface area contributed by atoms with Crippen molar-refractivity contribution >= 4 is 11.9 Å². The molecule has 1 atom stereocenters. The highest BCUT2D eigenvalue weighted by Crippen LogP contribution is 2.19. The number of hydrogen-bond acceptors (Lipinski definition) is 3. The van der Waals surface area contributed by atoms with Gasteiger partial charge in [0.05, 0.1) is 6.33 Å². The third-order valence-corrected chi connectivity index (χ3v) is 2.33. The Morgan fingerprint density at radius 3 is 2.41 bits per heavy atom. The first-order chi connectivity index (χ1) is 7.71. The van der Waals surface area contributed by atoms with Crippen LogP contribution in [-0.4, -0.2) is 32.6 Å². The number of rotatable bonds is 3. The fraction of sp³-hybridized carbons (Fsp3) is 0.545. The normalized spacial score (nSPS) is 13.2. The number of carbonyl (C=O) groups excluding carboxylic acids is 1. The van der Waals surface area contributed by atoms with Crippen LogP contribution in [0.3, 0.4) is 0 Å². The van der Waals surface area contributed by atoms with E-state index in [1.54, 1.807) is 32.4 Å². The maximum Gasteiger partial charge on any atom is 0.326 e. The summed E-state index contributed by atoms with van der Waals surface area (Å²) in [6.45, 7) is 5.26. The van der Waals surface area contributed by atoms with Crippen molar-refractivity contribution in [1.82, 2.24) is 14.9 Å². The third kappa shape index (κ3) is 3.30. The zero-order chi connectivity index (χ0) is 13.2. The van der Waals surface area contributed by atoms with E-state index in [9.17, 15) is 9.59 Å². The minimum Gasteiger partial charge on any atom is -0.480 e. The van der Waals surface area contributed by atoms with E-state index in [4.69, 9.17) is 5.11 Å². The molecule has 1 heterocycles. The molecular formula is C11H17N3O3. The van der Waals surface area contributed by atoms with Crippen LogP contribution in [0.2, 0.25) is 0 Å². The number of nitrogens with one attached hydrogen (secondary N) is 1. The summed E-state index contributed by atoms with van der Waals surface area (Å²) < 4.78 is 1.63. The number of aryl methyl sites for hydroxylation is 1. The van der Waals surface area contributed by atoms with Gasteiger partial charge in [0.15, 0.2) is 0 Å². The zero-order valence-electron chi connectivity index (χ0n) is 10.4. The molecular weight excluding hydrogens is 222 g/mol. The van der Waals surface area contributed by atoms with Gasteiger partial charge >= 0.3 is 5.97 Å². The maximum absolute atomic E-state index is 11.8. The van der Waals surface area contributed by atoms with E-state index in [2.05, 4.69) is 10.3 Å². The lowest BCUT2D eigenvalue weighted by Gasteiger charge is -2.27. The van der Waals surface area contributed by atoms with Gasteiger partial charge in [0, 0.05) is 13.2 Å². The Kier molecular flexibility index (Phi) is 3.55. The lowest BCUT2D eigenvalue weighted by molar-refractivity contribution is -0.142. The van der Waals surface area contributed by atoms with Crippen LogP contribution in [0, 0.1) is 5.41 Å². The standard InChI is InChI=1S/C11H17N3O3/c1-11(2,3)8(10(16)17)13-9(15)7-5-14(4)6-12-7/h5-6,8H,1-4H3,(H,13,15)(H,16,17)/t8-/m1/s1. The lowest BCUT2D eigenvalue weighted by atomic mass is 9.87. The molecule has 17 heavy (non-hydrogen) atoms. The highest BCUT2D eigenvalue weighted by atomic mass is 16.4. The van der Waals surface area contributed by atoms with Gasteiger partial charge in [0.2, 0.25) is 0 Å². The monoisotopic (exact) mass is 239 g/mol. The number of aromatic nitrogens is 2. The number of aliphatic carboxylic acids is 1. The van der Waals surface area contributed by atoms with E-state index < -0.39 is 23.3 Å². The number of carboxylic acids is 1. The Bertz CT molecular complexity index is 431. The molecule has 1 rings (SSSR count). The predicted molar refractivity (Wildman–Crippen MR) is 61.6 cm³/mol.